The molecule has 31 heavy (non-hydrogen) atoms. The highest BCUT2D eigenvalue weighted by atomic mass is 16.2. The average Bonchev–Trinajstić information content (AvgIpc) is 2.97. The summed E-state index contributed by atoms with van der Waals surface area (Å²) < 4.78 is 0. The van der Waals surface area contributed by atoms with Gasteiger partial charge in [-0.05, 0) is 88.4 Å². The minimum atomic E-state index is -0.831. The fourth-order valence-electron chi connectivity index (χ4n) is 8.15. The highest BCUT2D eigenvalue weighted by Crippen LogP contribution is 2.60. The molecule has 2 heterocycles. The molecule has 0 aromatic rings. The first kappa shape index (κ1) is 21.0. The number of carbonyl (C=O) groups is 3. The molecule has 4 bridgehead atoms. The van der Waals surface area contributed by atoms with Crippen LogP contribution in [0.25, 0.3) is 0 Å². The van der Waals surface area contributed by atoms with Crippen LogP contribution in [0, 0.1) is 29.1 Å². The van der Waals surface area contributed by atoms with Crippen LogP contribution >= 0.6 is 0 Å². The summed E-state index contributed by atoms with van der Waals surface area (Å²) in [6.07, 6.45) is 9.46. The zero-order valence-electron chi connectivity index (χ0n) is 19.1. The Hall–Kier alpha value is -1.85. The fourth-order valence-corrected chi connectivity index (χ4v) is 8.15. The minimum absolute atomic E-state index is 0.0736. The van der Waals surface area contributed by atoms with Gasteiger partial charge in [-0.15, -0.1) is 0 Å². The Morgan fingerprint density at radius 1 is 1.06 bits per heavy atom. The topological polar surface area (TPSA) is 69.7 Å². The second-order valence-corrected chi connectivity index (χ2v) is 11.4. The molecule has 0 unspecified atom stereocenters. The highest BCUT2D eigenvalue weighted by Gasteiger charge is 2.58. The number of hydrogen-bond acceptors (Lipinski definition) is 3. The smallest absolute Gasteiger partial charge is 0.325 e. The Balaban J connectivity index is 1.27. The summed E-state index contributed by atoms with van der Waals surface area (Å²) >= 11 is 0. The molecule has 2 saturated heterocycles. The van der Waals surface area contributed by atoms with E-state index in [1.54, 1.807) is 0 Å². The summed E-state index contributed by atoms with van der Waals surface area (Å²) in [5, 5.41) is 3.04. The predicted molar refractivity (Wildman–Crippen MR) is 118 cm³/mol. The van der Waals surface area contributed by atoms with E-state index < -0.39 is 5.54 Å². The number of amides is 4. The van der Waals surface area contributed by atoms with Crippen LogP contribution in [0.2, 0.25) is 0 Å². The normalized spacial score (nSPS) is 39.9. The van der Waals surface area contributed by atoms with E-state index in [2.05, 4.69) is 16.8 Å². The van der Waals surface area contributed by atoms with Crippen LogP contribution in [-0.2, 0) is 9.59 Å². The van der Waals surface area contributed by atoms with E-state index in [1.165, 1.54) is 24.2 Å². The van der Waals surface area contributed by atoms with Crippen LogP contribution in [-0.4, -0.2) is 52.8 Å². The number of nitrogens with zero attached hydrogens (tertiary/aromatic N) is 2. The molecule has 4 saturated carbocycles. The van der Waals surface area contributed by atoms with Crippen molar-refractivity contribution in [1.82, 2.24) is 15.1 Å². The van der Waals surface area contributed by atoms with Crippen LogP contribution in [0.15, 0.2) is 12.2 Å². The van der Waals surface area contributed by atoms with Gasteiger partial charge in [0.15, 0.2) is 0 Å². The first-order valence-electron chi connectivity index (χ1n) is 12.3. The molecule has 0 aromatic carbocycles. The van der Waals surface area contributed by atoms with Crippen LogP contribution < -0.4 is 5.32 Å². The molecule has 1 N–H and O–H groups in total. The van der Waals surface area contributed by atoms with Crippen molar-refractivity contribution >= 4 is 17.8 Å². The van der Waals surface area contributed by atoms with E-state index in [1.807, 2.05) is 13.8 Å². The third-order valence-electron chi connectivity index (χ3n) is 9.16. The van der Waals surface area contributed by atoms with Gasteiger partial charge in [-0.25, -0.2) is 4.79 Å². The molecule has 1 atom stereocenters. The molecular weight excluding hydrogens is 390 g/mol. The summed E-state index contributed by atoms with van der Waals surface area (Å²) in [5.74, 6) is 2.64. The molecule has 2 aliphatic heterocycles. The van der Waals surface area contributed by atoms with Gasteiger partial charge in [0.1, 0.15) is 5.54 Å². The van der Waals surface area contributed by atoms with E-state index in [9.17, 15) is 14.4 Å². The maximum atomic E-state index is 13.7. The Bertz CT molecular complexity index is 778. The quantitative estimate of drug-likeness (QED) is 0.537. The lowest BCUT2D eigenvalue weighted by atomic mass is 9.49. The summed E-state index contributed by atoms with van der Waals surface area (Å²) in [6, 6.07) is -0.304. The number of nitrogens with one attached hydrogen (secondary N) is 1. The van der Waals surface area contributed by atoms with Crippen molar-refractivity contribution in [1.29, 1.82) is 0 Å². The van der Waals surface area contributed by atoms with Crippen LogP contribution in [0.3, 0.4) is 0 Å². The van der Waals surface area contributed by atoms with Gasteiger partial charge in [0.2, 0.25) is 5.91 Å². The zero-order valence-corrected chi connectivity index (χ0v) is 19.1. The van der Waals surface area contributed by atoms with Crippen molar-refractivity contribution in [2.75, 3.05) is 19.6 Å². The second-order valence-electron chi connectivity index (χ2n) is 11.4. The summed E-state index contributed by atoms with van der Waals surface area (Å²) in [6.45, 7) is 9.36. The highest BCUT2D eigenvalue weighted by molar-refractivity contribution is 6.07. The lowest BCUT2D eigenvalue weighted by Crippen LogP contribution is -2.59. The summed E-state index contributed by atoms with van der Waals surface area (Å²) in [5.41, 5.74) is -0.131. The van der Waals surface area contributed by atoms with Crippen molar-refractivity contribution in [3.8, 4) is 0 Å². The van der Waals surface area contributed by atoms with Crippen LogP contribution in [0.1, 0.15) is 71.6 Å². The van der Waals surface area contributed by atoms with Crippen molar-refractivity contribution < 1.29 is 14.4 Å². The molecule has 4 amide bonds. The van der Waals surface area contributed by atoms with Crippen molar-refractivity contribution in [2.45, 2.75) is 77.2 Å². The van der Waals surface area contributed by atoms with Gasteiger partial charge in [-0.2, -0.15) is 0 Å². The van der Waals surface area contributed by atoms with Gasteiger partial charge in [0.05, 0.1) is 12.0 Å². The standard InChI is InChI=1S/C25H37N3O3/c1-4-25(22(30)28(15-16(2)3)23(31)26-25)20-5-7-27(8-6-20)21(29)24-12-17-9-18(13-24)11-19(10-17)14-24/h17-20H,2,4-15H2,1,3H3,(H,26,31)/t17?,18?,19?,24?,25-/m1/s1. The number of hydrogen-bond donors (Lipinski definition) is 1. The molecule has 0 aromatic heterocycles. The monoisotopic (exact) mass is 427 g/mol. The van der Waals surface area contributed by atoms with Gasteiger partial charge in [0, 0.05) is 13.1 Å². The molecule has 6 nitrogen and oxygen atoms in total. The van der Waals surface area contributed by atoms with Gasteiger partial charge < -0.3 is 10.2 Å². The van der Waals surface area contributed by atoms with Crippen molar-refractivity contribution in [3.63, 3.8) is 0 Å². The van der Waals surface area contributed by atoms with Gasteiger partial charge in [0.25, 0.3) is 5.91 Å². The van der Waals surface area contributed by atoms with E-state index in [4.69, 9.17) is 0 Å². The zero-order chi connectivity index (χ0) is 22.0. The molecule has 0 radical (unpaired) electrons. The lowest BCUT2D eigenvalue weighted by Gasteiger charge is -2.57. The first-order valence-corrected chi connectivity index (χ1v) is 12.3. The number of urea groups is 1. The van der Waals surface area contributed by atoms with Crippen LogP contribution in [0.4, 0.5) is 4.79 Å². The van der Waals surface area contributed by atoms with Gasteiger partial charge in [-0.1, -0.05) is 19.1 Å². The van der Waals surface area contributed by atoms with Crippen molar-refractivity contribution in [2.24, 2.45) is 29.1 Å². The molecule has 4 aliphatic carbocycles. The molecule has 6 aliphatic rings. The third-order valence-corrected chi connectivity index (χ3v) is 9.16. The fraction of sp³-hybridized carbons (Fsp3) is 0.800. The lowest BCUT2D eigenvalue weighted by molar-refractivity contribution is -0.159. The number of carbonyl (C=O) groups excluding carboxylic acids is 3. The molecule has 6 heteroatoms. The summed E-state index contributed by atoms with van der Waals surface area (Å²) in [4.78, 5) is 42.9. The Morgan fingerprint density at radius 2 is 1.61 bits per heavy atom. The number of imide groups is 1. The predicted octanol–water partition coefficient (Wildman–Crippen LogP) is 3.72. The Kier molecular flexibility index (Phi) is 4.98. The molecule has 6 rings (SSSR count). The van der Waals surface area contributed by atoms with Crippen molar-refractivity contribution in [3.05, 3.63) is 12.2 Å². The van der Waals surface area contributed by atoms with Crippen LogP contribution in [0.5, 0.6) is 0 Å². The number of rotatable bonds is 5. The first-order chi connectivity index (χ1) is 14.8. The minimum Gasteiger partial charge on any atom is -0.342 e. The molecule has 170 valence electrons. The Labute approximate surface area is 185 Å². The molecule has 6 fully saturated rings. The van der Waals surface area contributed by atoms with E-state index in [0.717, 1.165) is 55.4 Å². The maximum Gasteiger partial charge on any atom is 0.325 e. The van der Waals surface area contributed by atoms with Gasteiger partial charge in [-0.3, -0.25) is 14.5 Å². The van der Waals surface area contributed by atoms with Gasteiger partial charge >= 0.3 is 6.03 Å². The third kappa shape index (κ3) is 3.23. The molecular formula is C25H37N3O3. The van der Waals surface area contributed by atoms with E-state index >= 15 is 0 Å². The second kappa shape index (κ2) is 7.35. The molecule has 0 spiro atoms. The average molecular weight is 428 g/mol. The van der Waals surface area contributed by atoms with E-state index in [-0.39, 0.29) is 29.8 Å². The largest absolute Gasteiger partial charge is 0.342 e. The SMILES string of the molecule is C=C(C)CN1C(=O)N[C@](CC)(C2CCN(C(=O)C34CC5CC(CC(C5)C3)C4)CC2)C1=O. The number of piperidine rings is 1. The van der Waals surface area contributed by atoms with E-state index in [0.29, 0.717) is 25.4 Å². The summed E-state index contributed by atoms with van der Waals surface area (Å²) in [7, 11) is 0. The Morgan fingerprint density at radius 3 is 2.10 bits per heavy atom. The maximum absolute atomic E-state index is 13.7. The number of likely N-dealkylation sites (tertiary alicyclic amines) is 1.